The molecule has 10 heteroatoms. The van der Waals surface area contributed by atoms with E-state index in [0.717, 1.165) is 0 Å². The largest absolute Gasteiger partial charge is 0.486 e. The summed E-state index contributed by atoms with van der Waals surface area (Å²) in [4.78, 5) is 24.6. The Bertz CT molecular complexity index is 806. The Morgan fingerprint density at radius 1 is 1.29 bits per heavy atom. The summed E-state index contributed by atoms with van der Waals surface area (Å²) >= 11 is 0. The molecule has 1 amide bonds. The van der Waals surface area contributed by atoms with Crippen LogP contribution in [0.15, 0.2) is 12.1 Å². The number of ether oxygens (including phenoxy) is 2. The number of fused-ring (bicyclic) bond motifs is 1. The molecule has 0 radical (unpaired) electrons. The minimum Gasteiger partial charge on any atom is -0.486 e. The Labute approximate surface area is 138 Å². The average Bonchev–Trinajstić information content (AvgIpc) is 2.92. The maximum absolute atomic E-state index is 12.7. The molecule has 1 aromatic rings. The summed E-state index contributed by atoms with van der Waals surface area (Å²) in [5.74, 6) is -0.245. The number of carbonyl (C=O) groups is 1. The van der Waals surface area contributed by atoms with Crippen LogP contribution in [-0.4, -0.2) is 62.0 Å². The van der Waals surface area contributed by atoms with Crippen LogP contribution >= 0.6 is 0 Å². The van der Waals surface area contributed by atoms with E-state index in [1.165, 1.54) is 24.1 Å². The first-order valence-electron chi connectivity index (χ1n) is 7.34. The van der Waals surface area contributed by atoms with E-state index in [1.54, 1.807) is 0 Å². The van der Waals surface area contributed by atoms with Crippen molar-refractivity contribution in [2.75, 3.05) is 31.8 Å². The zero-order valence-electron chi connectivity index (χ0n) is 12.9. The van der Waals surface area contributed by atoms with Gasteiger partial charge in [-0.2, -0.15) is 0 Å². The predicted molar refractivity (Wildman–Crippen MR) is 83.2 cm³/mol. The van der Waals surface area contributed by atoms with Crippen LogP contribution in [0.3, 0.4) is 0 Å². The van der Waals surface area contributed by atoms with E-state index in [2.05, 4.69) is 0 Å². The lowest BCUT2D eigenvalue weighted by Crippen LogP contribution is -2.38. The van der Waals surface area contributed by atoms with Crippen LogP contribution in [0.1, 0.15) is 16.8 Å². The average molecular weight is 356 g/mol. The molecule has 130 valence electrons. The van der Waals surface area contributed by atoms with Gasteiger partial charge in [0.25, 0.3) is 11.6 Å². The molecule has 0 spiro atoms. The van der Waals surface area contributed by atoms with Crippen LogP contribution in [0.25, 0.3) is 0 Å². The molecule has 1 unspecified atom stereocenters. The van der Waals surface area contributed by atoms with Gasteiger partial charge in [0, 0.05) is 19.2 Å². The molecule has 2 aliphatic rings. The number of benzene rings is 1. The summed E-state index contributed by atoms with van der Waals surface area (Å²) in [6, 6.07) is 1.96. The van der Waals surface area contributed by atoms with Crippen molar-refractivity contribution in [3.05, 3.63) is 27.8 Å². The third-order valence-electron chi connectivity index (χ3n) is 4.16. The maximum Gasteiger partial charge on any atom is 0.286 e. The van der Waals surface area contributed by atoms with Crippen molar-refractivity contribution in [3.63, 3.8) is 0 Å². The number of rotatable bonds is 3. The molecule has 0 N–H and O–H groups in total. The van der Waals surface area contributed by atoms with Crippen molar-refractivity contribution in [3.8, 4) is 11.5 Å². The molecule has 0 aromatic heterocycles. The predicted octanol–water partition coefficient (Wildman–Crippen LogP) is 0.625. The van der Waals surface area contributed by atoms with Crippen LogP contribution < -0.4 is 9.47 Å². The standard InChI is InChI=1S/C14H16N2O7S/c1-15(9-2-5-24(20,21)8-9)14(17)10-6-12-13(23-4-3-22-12)7-11(10)16(18)19/h6-7,9H,2-5,8H2,1H3. The molecule has 2 aliphatic heterocycles. The van der Waals surface area contributed by atoms with Crippen molar-refractivity contribution < 1.29 is 27.6 Å². The van der Waals surface area contributed by atoms with Crippen molar-refractivity contribution in [1.29, 1.82) is 0 Å². The minimum absolute atomic E-state index is 0.0124. The van der Waals surface area contributed by atoms with Crippen molar-refractivity contribution >= 4 is 21.4 Å². The topological polar surface area (TPSA) is 116 Å². The summed E-state index contributed by atoms with van der Waals surface area (Å²) in [5.41, 5.74) is -0.534. The third kappa shape index (κ3) is 3.01. The number of hydrogen-bond donors (Lipinski definition) is 0. The number of amides is 1. The number of nitrogens with zero attached hydrogens (tertiary/aromatic N) is 2. The van der Waals surface area contributed by atoms with Gasteiger partial charge in [-0.1, -0.05) is 0 Å². The van der Waals surface area contributed by atoms with Gasteiger partial charge in [0.1, 0.15) is 18.8 Å². The lowest BCUT2D eigenvalue weighted by atomic mass is 10.1. The number of nitro benzene ring substituents is 1. The Morgan fingerprint density at radius 2 is 1.92 bits per heavy atom. The minimum atomic E-state index is -3.17. The van der Waals surface area contributed by atoms with E-state index in [-0.39, 0.29) is 41.8 Å². The zero-order chi connectivity index (χ0) is 17.5. The van der Waals surface area contributed by atoms with Gasteiger partial charge in [-0.05, 0) is 6.42 Å². The smallest absolute Gasteiger partial charge is 0.286 e. The van der Waals surface area contributed by atoms with Crippen LogP contribution in [0.5, 0.6) is 11.5 Å². The van der Waals surface area contributed by atoms with E-state index >= 15 is 0 Å². The van der Waals surface area contributed by atoms with Gasteiger partial charge in [-0.3, -0.25) is 14.9 Å². The Kier molecular flexibility index (Phi) is 4.08. The molecule has 24 heavy (non-hydrogen) atoms. The molecular weight excluding hydrogens is 340 g/mol. The molecule has 1 saturated heterocycles. The van der Waals surface area contributed by atoms with Gasteiger partial charge in [0.2, 0.25) is 0 Å². The van der Waals surface area contributed by atoms with Gasteiger partial charge in [-0.25, -0.2) is 8.42 Å². The number of hydrogen-bond acceptors (Lipinski definition) is 7. The van der Waals surface area contributed by atoms with Crippen LogP contribution in [0.2, 0.25) is 0 Å². The van der Waals surface area contributed by atoms with Crippen LogP contribution in [0.4, 0.5) is 5.69 Å². The summed E-state index contributed by atoms with van der Waals surface area (Å²) in [6.45, 7) is 0.562. The van der Waals surface area contributed by atoms with E-state index in [4.69, 9.17) is 9.47 Å². The second kappa shape index (κ2) is 5.93. The van der Waals surface area contributed by atoms with Gasteiger partial charge in [0.15, 0.2) is 21.3 Å². The summed E-state index contributed by atoms with van der Waals surface area (Å²) in [5, 5.41) is 11.3. The fourth-order valence-corrected chi connectivity index (χ4v) is 4.61. The normalized spacial score (nSPS) is 21.3. The molecular formula is C14H16N2O7S. The lowest BCUT2D eigenvalue weighted by Gasteiger charge is -2.24. The summed E-state index contributed by atoms with van der Waals surface area (Å²) < 4.78 is 33.9. The molecule has 1 atom stereocenters. The highest BCUT2D eigenvalue weighted by atomic mass is 32.2. The molecule has 0 saturated carbocycles. The molecule has 0 bridgehead atoms. The molecule has 1 aromatic carbocycles. The van der Waals surface area contributed by atoms with E-state index in [0.29, 0.717) is 6.42 Å². The van der Waals surface area contributed by atoms with E-state index in [9.17, 15) is 23.3 Å². The van der Waals surface area contributed by atoms with Crippen LogP contribution in [0, 0.1) is 10.1 Å². The summed E-state index contributed by atoms with van der Waals surface area (Å²) in [6.07, 6.45) is 0.322. The highest BCUT2D eigenvalue weighted by Gasteiger charge is 2.35. The van der Waals surface area contributed by atoms with E-state index in [1.807, 2.05) is 0 Å². The molecule has 9 nitrogen and oxygen atoms in total. The number of sulfone groups is 1. The highest BCUT2D eigenvalue weighted by molar-refractivity contribution is 7.91. The second-order valence-corrected chi connectivity index (χ2v) is 7.97. The first kappa shape index (κ1) is 16.5. The molecule has 3 rings (SSSR count). The van der Waals surface area contributed by atoms with Gasteiger partial charge >= 0.3 is 0 Å². The van der Waals surface area contributed by atoms with Crippen molar-refractivity contribution in [2.45, 2.75) is 12.5 Å². The van der Waals surface area contributed by atoms with Crippen molar-refractivity contribution in [2.24, 2.45) is 0 Å². The first-order chi connectivity index (χ1) is 11.3. The second-order valence-electron chi connectivity index (χ2n) is 5.74. The summed E-state index contributed by atoms with van der Waals surface area (Å²) in [7, 11) is -1.72. The van der Waals surface area contributed by atoms with Gasteiger partial charge < -0.3 is 14.4 Å². The Morgan fingerprint density at radius 3 is 2.46 bits per heavy atom. The third-order valence-corrected chi connectivity index (χ3v) is 5.91. The van der Waals surface area contributed by atoms with Crippen molar-refractivity contribution in [1.82, 2.24) is 4.90 Å². The first-order valence-corrected chi connectivity index (χ1v) is 9.16. The lowest BCUT2D eigenvalue weighted by molar-refractivity contribution is -0.385. The van der Waals surface area contributed by atoms with Gasteiger partial charge in [-0.15, -0.1) is 0 Å². The molecule has 1 fully saturated rings. The maximum atomic E-state index is 12.7. The van der Waals surface area contributed by atoms with Gasteiger partial charge in [0.05, 0.1) is 22.5 Å². The van der Waals surface area contributed by atoms with E-state index < -0.39 is 32.4 Å². The monoisotopic (exact) mass is 356 g/mol. The fourth-order valence-electron chi connectivity index (χ4n) is 2.84. The number of carbonyl (C=O) groups excluding carboxylic acids is 1. The molecule has 0 aliphatic carbocycles. The zero-order valence-corrected chi connectivity index (χ0v) is 13.7. The highest BCUT2D eigenvalue weighted by Crippen LogP contribution is 2.37. The Balaban J connectivity index is 1.95. The SMILES string of the molecule is CN(C(=O)c1cc2c(cc1[N+](=O)[O-])OCCO2)C1CCS(=O)(=O)C1. The molecule has 2 heterocycles. The van der Waals surface area contributed by atoms with Crippen LogP contribution in [-0.2, 0) is 9.84 Å². The number of nitro groups is 1. The fraction of sp³-hybridized carbons (Fsp3) is 0.500. The Hall–Kier alpha value is -2.36. The quantitative estimate of drug-likeness (QED) is 0.576.